The molecule has 0 saturated heterocycles. The van der Waals surface area contributed by atoms with E-state index in [1.807, 2.05) is 6.92 Å². The minimum Gasteiger partial charge on any atom is -0.487 e. The van der Waals surface area contributed by atoms with E-state index in [1.54, 1.807) is 6.07 Å². The first-order valence-corrected chi connectivity index (χ1v) is 5.55. The fourth-order valence-electron chi connectivity index (χ4n) is 1.39. The fourth-order valence-corrected chi connectivity index (χ4v) is 1.39. The molecule has 0 N–H and O–H groups in total. The van der Waals surface area contributed by atoms with Gasteiger partial charge in [-0.25, -0.2) is 0 Å². The summed E-state index contributed by atoms with van der Waals surface area (Å²) < 4.78 is 9.79. The SMILES string of the molecule is CCCOc1ccc(CC(=O)OC)cc1[N+](=O)[O-]. The molecule has 0 aliphatic rings. The average Bonchev–Trinajstić information content (AvgIpc) is 2.36. The number of carbonyl (C=O) groups is 1. The summed E-state index contributed by atoms with van der Waals surface area (Å²) in [5.74, 6) is -0.220. The van der Waals surface area contributed by atoms with Crippen LogP contribution in [-0.2, 0) is 16.0 Å². The molecule has 0 aromatic heterocycles. The van der Waals surface area contributed by atoms with Crippen LogP contribution in [0.1, 0.15) is 18.9 Å². The Bertz CT molecular complexity index is 444. The van der Waals surface area contributed by atoms with Gasteiger partial charge in [0.05, 0.1) is 25.1 Å². The zero-order valence-corrected chi connectivity index (χ0v) is 10.3. The zero-order valence-electron chi connectivity index (χ0n) is 10.3. The number of nitro groups is 1. The highest BCUT2D eigenvalue weighted by molar-refractivity contribution is 5.73. The third kappa shape index (κ3) is 3.73. The molecule has 1 aromatic carbocycles. The van der Waals surface area contributed by atoms with E-state index in [4.69, 9.17) is 4.74 Å². The Balaban J connectivity index is 2.95. The Kier molecular flexibility index (Phi) is 5.10. The average molecular weight is 253 g/mol. The molecule has 98 valence electrons. The highest BCUT2D eigenvalue weighted by Gasteiger charge is 2.17. The monoisotopic (exact) mass is 253 g/mol. The molecule has 0 aliphatic carbocycles. The van der Waals surface area contributed by atoms with Crippen molar-refractivity contribution in [3.63, 3.8) is 0 Å². The van der Waals surface area contributed by atoms with E-state index in [9.17, 15) is 14.9 Å². The number of carbonyl (C=O) groups excluding carboxylic acids is 1. The smallest absolute Gasteiger partial charge is 0.311 e. The number of esters is 1. The second-order valence-corrected chi connectivity index (χ2v) is 3.66. The maximum Gasteiger partial charge on any atom is 0.311 e. The maximum absolute atomic E-state index is 11.1. The predicted octanol–water partition coefficient (Wildman–Crippen LogP) is 2.10. The van der Waals surface area contributed by atoms with Gasteiger partial charge in [0.15, 0.2) is 5.75 Å². The van der Waals surface area contributed by atoms with Crippen LogP contribution in [0, 0.1) is 10.1 Å². The highest BCUT2D eigenvalue weighted by atomic mass is 16.6. The van der Waals surface area contributed by atoms with E-state index in [-0.39, 0.29) is 17.9 Å². The molecule has 0 unspecified atom stereocenters. The number of benzene rings is 1. The molecule has 0 spiro atoms. The number of hydrogen-bond donors (Lipinski definition) is 0. The molecule has 1 rings (SSSR count). The maximum atomic E-state index is 11.1. The second-order valence-electron chi connectivity index (χ2n) is 3.66. The Labute approximate surface area is 105 Å². The second kappa shape index (κ2) is 6.58. The number of methoxy groups -OCH3 is 1. The van der Waals surface area contributed by atoms with Crippen LogP contribution in [0.2, 0.25) is 0 Å². The third-order valence-corrected chi connectivity index (χ3v) is 2.26. The number of nitrogens with zero attached hydrogens (tertiary/aromatic N) is 1. The molecule has 6 heteroatoms. The van der Waals surface area contributed by atoms with Crippen LogP contribution in [0.4, 0.5) is 5.69 Å². The van der Waals surface area contributed by atoms with Crippen LogP contribution in [0.3, 0.4) is 0 Å². The standard InChI is InChI=1S/C12H15NO5/c1-3-6-18-11-5-4-9(8-12(14)17-2)7-10(11)13(15)16/h4-5,7H,3,6,8H2,1-2H3. The third-order valence-electron chi connectivity index (χ3n) is 2.26. The molecule has 1 aromatic rings. The van der Waals surface area contributed by atoms with Crippen LogP contribution in [0.25, 0.3) is 0 Å². The van der Waals surface area contributed by atoms with Gasteiger partial charge in [0.1, 0.15) is 0 Å². The number of ether oxygens (including phenoxy) is 2. The first-order valence-electron chi connectivity index (χ1n) is 5.55. The number of nitro benzene ring substituents is 1. The van der Waals surface area contributed by atoms with Crippen LogP contribution in [-0.4, -0.2) is 24.6 Å². The van der Waals surface area contributed by atoms with Crippen molar-refractivity contribution in [3.8, 4) is 5.75 Å². The van der Waals surface area contributed by atoms with E-state index in [2.05, 4.69) is 4.74 Å². The zero-order chi connectivity index (χ0) is 13.5. The molecule has 0 radical (unpaired) electrons. The summed E-state index contributed by atoms with van der Waals surface area (Å²) in [7, 11) is 1.27. The summed E-state index contributed by atoms with van der Waals surface area (Å²) in [5.41, 5.74) is 0.391. The summed E-state index contributed by atoms with van der Waals surface area (Å²) in [6.07, 6.45) is 0.770. The lowest BCUT2D eigenvalue weighted by Crippen LogP contribution is -2.05. The molecule has 0 atom stereocenters. The first-order chi connectivity index (χ1) is 8.58. The van der Waals surface area contributed by atoms with Crippen LogP contribution >= 0.6 is 0 Å². The van der Waals surface area contributed by atoms with Gasteiger partial charge in [-0.3, -0.25) is 14.9 Å². The van der Waals surface area contributed by atoms with Gasteiger partial charge in [0.2, 0.25) is 0 Å². The summed E-state index contributed by atoms with van der Waals surface area (Å²) >= 11 is 0. The summed E-state index contributed by atoms with van der Waals surface area (Å²) in [5, 5.41) is 10.9. The molecule has 0 aliphatic heterocycles. The Hall–Kier alpha value is -2.11. The van der Waals surface area contributed by atoms with Gasteiger partial charge in [-0.05, 0) is 18.1 Å². The first kappa shape index (κ1) is 14.0. The lowest BCUT2D eigenvalue weighted by molar-refractivity contribution is -0.385. The summed E-state index contributed by atoms with van der Waals surface area (Å²) in [4.78, 5) is 21.5. The Morgan fingerprint density at radius 2 is 2.17 bits per heavy atom. The van der Waals surface area contributed by atoms with Crippen LogP contribution in [0.15, 0.2) is 18.2 Å². The Morgan fingerprint density at radius 3 is 2.72 bits per heavy atom. The van der Waals surface area contributed by atoms with Crippen molar-refractivity contribution in [2.75, 3.05) is 13.7 Å². The molecular weight excluding hydrogens is 238 g/mol. The van der Waals surface area contributed by atoms with E-state index in [0.717, 1.165) is 6.42 Å². The number of hydrogen-bond acceptors (Lipinski definition) is 5. The lowest BCUT2D eigenvalue weighted by Gasteiger charge is -2.06. The lowest BCUT2D eigenvalue weighted by atomic mass is 10.1. The highest BCUT2D eigenvalue weighted by Crippen LogP contribution is 2.28. The van der Waals surface area contributed by atoms with E-state index >= 15 is 0 Å². The van der Waals surface area contributed by atoms with Crippen molar-refractivity contribution in [2.24, 2.45) is 0 Å². The molecule has 0 fully saturated rings. The van der Waals surface area contributed by atoms with Gasteiger partial charge in [-0.2, -0.15) is 0 Å². The van der Waals surface area contributed by atoms with Crippen molar-refractivity contribution < 1.29 is 19.2 Å². The van der Waals surface area contributed by atoms with Crippen molar-refractivity contribution in [2.45, 2.75) is 19.8 Å². The molecule has 0 saturated carbocycles. The van der Waals surface area contributed by atoms with Crippen LogP contribution < -0.4 is 4.74 Å². The van der Waals surface area contributed by atoms with Crippen molar-refractivity contribution >= 4 is 11.7 Å². The van der Waals surface area contributed by atoms with E-state index < -0.39 is 10.9 Å². The van der Waals surface area contributed by atoms with Gasteiger partial charge < -0.3 is 9.47 Å². The van der Waals surface area contributed by atoms with Gasteiger partial charge in [0.25, 0.3) is 0 Å². The minimum absolute atomic E-state index is 0.00535. The molecule has 18 heavy (non-hydrogen) atoms. The van der Waals surface area contributed by atoms with E-state index in [0.29, 0.717) is 12.2 Å². The van der Waals surface area contributed by atoms with Crippen molar-refractivity contribution in [1.82, 2.24) is 0 Å². The summed E-state index contributed by atoms with van der Waals surface area (Å²) in [6, 6.07) is 4.46. The van der Waals surface area contributed by atoms with Crippen molar-refractivity contribution in [3.05, 3.63) is 33.9 Å². The van der Waals surface area contributed by atoms with Crippen LogP contribution in [0.5, 0.6) is 5.75 Å². The number of rotatable bonds is 6. The van der Waals surface area contributed by atoms with Gasteiger partial charge in [-0.1, -0.05) is 13.0 Å². The normalized spacial score (nSPS) is 9.89. The predicted molar refractivity (Wildman–Crippen MR) is 64.6 cm³/mol. The topological polar surface area (TPSA) is 78.7 Å². The molecule has 0 bridgehead atoms. The van der Waals surface area contributed by atoms with E-state index in [1.165, 1.54) is 19.2 Å². The molecule has 0 heterocycles. The van der Waals surface area contributed by atoms with Gasteiger partial charge in [0, 0.05) is 6.07 Å². The van der Waals surface area contributed by atoms with Gasteiger partial charge >= 0.3 is 11.7 Å². The largest absolute Gasteiger partial charge is 0.487 e. The molecular formula is C12H15NO5. The van der Waals surface area contributed by atoms with Gasteiger partial charge in [-0.15, -0.1) is 0 Å². The fraction of sp³-hybridized carbons (Fsp3) is 0.417. The quantitative estimate of drug-likeness (QED) is 0.440. The Morgan fingerprint density at radius 1 is 1.44 bits per heavy atom. The minimum atomic E-state index is -0.522. The summed E-state index contributed by atoms with van der Waals surface area (Å²) in [6.45, 7) is 2.33. The molecule has 6 nitrogen and oxygen atoms in total. The van der Waals surface area contributed by atoms with Crippen molar-refractivity contribution in [1.29, 1.82) is 0 Å². The molecule has 0 amide bonds.